The van der Waals surface area contributed by atoms with E-state index in [-0.39, 0.29) is 0 Å². The van der Waals surface area contributed by atoms with Crippen molar-refractivity contribution < 1.29 is 0 Å². The van der Waals surface area contributed by atoms with Crippen LogP contribution in [-0.4, -0.2) is 21.2 Å². The molecule has 0 amide bonds. The summed E-state index contributed by atoms with van der Waals surface area (Å²) in [5, 5.41) is 9.73. The number of nitrogen functional groups attached to an aromatic ring is 1. The number of hydrogen-bond acceptors (Lipinski definition) is 4. The van der Waals surface area contributed by atoms with E-state index in [0.717, 1.165) is 12.2 Å². The second kappa shape index (κ2) is 4.06. The molecule has 5 nitrogen and oxygen atoms in total. The smallest absolute Gasteiger partial charge is 0.239 e. The normalized spacial score (nSPS) is 13.2. The monoisotopic (exact) mass is 169 g/mol. The fourth-order valence-corrected chi connectivity index (χ4v) is 0.804. The van der Waals surface area contributed by atoms with E-state index in [1.54, 1.807) is 0 Å². The van der Waals surface area contributed by atoms with Crippen molar-refractivity contribution >= 4 is 5.95 Å². The number of hydrogen-bond donors (Lipinski definition) is 3. The van der Waals surface area contributed by atoms with E-state index < -0.39 is 0 Å². The molecule has 4 N–H and O–H groups in total. The molecule has 1 atom stereocenters. The summed E-state index contributed by atoms with van der Waals surface area (Å²) in [6.45, 7) is 4.95. The summed E-state index contributed by atoms with van der Waals surface area (Å²) in [5.41, 5.74) is 5.34. The predicted octanol–water partition coefficient (Wildman–Crippen LogP) is 0.275. The molecule has 0 aromatic carbocycles. The maximum absolute atomic E-state index is 5.34. The molecule has 1 unspecified atom stereocenters. The molecule has 0 bridgehead atoms. The highest BCUT2D eigenvalue weighted by atomic mass is 15.3. The minimum atomic E-state index is 0.302. The van der Waals surface area contributed by atoms with Gasteiger partial charge in [-0.2, -0.15) is 4.98 Å². The van der Waals surface area contributed by atoms with Gasteiger partial charge in [0, 0.05) is 6.04 Å². The zero-order chi connectivity index (χ0) is 8.97. The molecule has 0 aliphatic carbocycles. The molecule has 12 heavy (non-hydrogen) atoms. The van der Waals surface area contributed by atoms with Gasteiger partial charge in [-0.05, 0) is 13.3 Å². The maximum Gasteiger partial charge on any atom is 0.239 e. The van der Waals surface area contributed by atoms with Crippen molar-refractivity contribution in [3.05, 3.63) is 5.82 Å². The summed E-state index contributed by atoms with van der Waals surface area (Å²) in [5.74, 6) is 1.09. The van der Waals surface area contributed by atoms with Crippen LogP contribution < -0.4 is 11.1 Å². The van der Waals surface area contributed by atoms with Crippen LogP contribution in [-0.2, 0) is 6.54 Å². The molecule has 0 saturated heterocycles. The van der Waals surface area contributed by atoms with E-state index in [9.17, 15) is 0 Å². The van der Waals surface area contributed by atoms with Gasteiger partial charge in [-0.15, -0.1) is 5.10 Å². The maximum atomic E-state index is 5.34. The highest BCUT2D eigenvalue weighted by Gasteiger charge is 2.01. The van der Waals surface area contributed by atoms with Crippen LogP contribution in [0.5, 0.6) is 0 Å². The Morgan fingerprint density at radius 3 is 2.92 bits per heavy atom. The zero-order valence-electron chi connectivity index (χ0n) is 7.46. The number of rotatable bonds is 4. The van der Waals surface area contributed by atoms with Gasteiger partial charge in [0.05, 0.1) is 6.54 Å². The topological polar surface area (TPSA) is 79.6 Å². The first-order chi connectivity index (χ1) is 5.72. The van der Waals surface area contributed by atoms with Crippen LogP contribution in [0.2, 0.25) is 0 Å². The Morgan fingerprint density at radius 2 is 2.42 bits per heavy atom. The van der Waals surface area contributed by atoms with Crippen LogP contribution in [0.15, 0.2) is 0 Å². The van der Waals surface area contributed by atoms with Gasteiger partial charge in [-0.1, -0.05) is 6.92 Å². The van der Waals surface area contributed by atoms with Gasteiger partial charge < -0.3 is 11.1 Å². The largest absolute Gasteiger partial charge is 0.367 e. The van der Waals surface area contributed by atoms with E-state index in [1.165, 1.54) is 0 Å². The Hall–Kier alpha value is -1.10. The standard InChI is InChI=1S/C7H15N5/c1-3-5(2)9-4-6-10-7(8)12-11-6/h5,9H,3-4H2,1-2H3,(H3,8,10,11,12). The zero-order valence-corrected chi connectivity index (χ0v) is 7.46. The van der Waals surface area contributed by atoms with Crippen LogP contribution >= 0.6 is 0 Å². The van der Waals surface area contributed by atoms with E-state index in [2.05, 4.69) is 34.3 Å². The van der Waals surface area contributed by atoms with Crippen molar-refractivity contribution in [1.29, 1.82) is 0 Å². The van der Waals surface area contributed by atoms with Gasteiger partial charge >= 0.3 is 0 Å². The van der Waals surface area contributed by atoms with Crippen molar-refractivity contribution in [2.45, 2.75) is 32.9 Å². The van der Waals surface area contributed by atoms with Gasteiger partial charge in [-0.25, -0.2) is 0 Å². The van der Waals surface area contributed by atoms with Gasteiger partial charge in [0.2, 0.25) is 5.95 Å². The van der Waals surface area contributed by atoms with Crippen LogP contribution in [0, 0.1) is 0 Å². The molecule has 1 aromatic rings. The summed E-state index contributed by atoms with van der Waals surface area (Å²) in [6, 6.07) is 0.497. The minimum absolute atomic E-state index is 0.302. The average Bonchev–Trinajstić information content (AvgIpc) is 2.47. The Labute approximate surface area is 71.8 Å². The summed E-state index contributed by atoms with van der Waals surface area (Å²) >= 11 is 0. The number of anilines is 1. The first kappa shape index (κ1) is 8.99. The van der Waals surface area contributed by atoms with Crippen molar-refractivity contribution in [3.63, 3.8) is 0 Å². The van der Waals surface area contributed by atoms with E-state index in [0.29, 0.717) is 18.5 Å². The van der Waals surface area contributed by atoms with Crippen molar-refractivity contribution in [2.75, 3.05) is 5.73 Å². The lowest BCUT2D eigenvalue weighted by Crippen LogP contribution is -2.24. The van der Waals surface area contributed by atoms with Crippen molar-refractivity contribution in [1.82, 2.24) is 20.5 Å². The molecular formula is C7H15N5. The fourth-order valence-electron chi connectivity index (χ4n) is 0.804. The summed E-state index contributed by atoms with van der Waals surface area (Å²) < 4.78 is 0. The molecule has 0 fully saturated rings. The Kier molecular flexibility index (Phi) is 3.04. The summed E-state index contributed by atoms with van der Waals surface area (Å²) in [7, 11) is 0. The number of aromatic amines is 1. The SMILES string of the molecule is CCC(C)NCc1nc(N)n[nH]1. The minimum Gasteiger partial charge on any atom is -0.367 e. The summed E-state index contributed by atoms with van der Waals surface area (Å²) in [4.78, 5) is 3.97. The number of H-pyrrole nitrogens is 1. The lowest BCUT2D eigenvalue weighted by Gasteiger charge is -2.08. The van der Waals surface area contributed by atoms with E-state index in [4.69, 9.17) is 5.73 Å². The van der Waals surface area contributed by atoms with Crippen LogP contribution in [0.3, 0.4) is 0 Å². The number of nitrogens with one attached hydrogen (secondary N) is 2. The van der Waals surface area contributed by atoms with E-state index in [1.807, 2.05) is 0 Å². The third kappa shape index (κ3) is 2.50. The Bertz CT molecular complexity index is 231. The van der Waals surface area contributed by atoms with Crippen LogP contribution in [0.1, 0.15) is 26.1 Å². The highest BCUT2D eigenvalue weighted by molar-refractivity contribution is 5.12. The number of nitrogens with two attached hydrogens (primary N) is 1. The first-order valence-electron chi connectivity index (χ1n) is 4.12. The molecular weight excluding hydrogens is 154 g/mol. The van der Waals surface area contributed by atoms with Gasteiger partial charge in [0.1, 0.15) is 5.82 Å². The molecule has 0 spiro atoms. The molecule has 0 aliphatic rings. The molecule has 0 aliphatic heterocycles. The Morgan fingerprint density at radius 1 is 1.67 bits per heavy atom. The Balaban J connectivity index is 2.33. The van der Waals surface area contributed by atoms with Crippen molar-refractivity contribution in [3.8, 4) is 0 Å². The third-order valence-corrected chi connectivity index (χ3v) is 1.78. The molecule has 0 saturated carbocycles. The summed E-state index contributed by atoms with van der Waals surface area (Å²) in [6.07, 6.45) is 1.10. The molecule has 68 valence electrons. The first-order valence-corrected chi connectivity index (χ1v) is 4.12. The lowest BCUT2D eigenvalue weighted by molar-refractivity contribution is 0.524. The number of nitrogens with zero attached hydrogens (tertiary/aromatic N) is 2. The second-order valence-electron chi connectivity index (χ2n) is 2.83. The molecule has 0 radical (unpaired) electrons. The van der Waals surface area contributed by atoms with E-state index >= 15 is 0 Å². The lowest BCUT2D eigenvalue weighted by atomic mass is 10.2. The quantitative estimate of drug-likeness (QED) is 0.604. The predicted molar refractivity (Wildman–Crippen MR) is 47.4 cm³/mol. The van der Waals surface area contributed by atoms with Gasteiger partial charge in [-0.3, -0.25) is 5.10 Å². The molecule has 1 rings (SSSR count). The van der Waals surface area contributed by atoms with Crippen LogP contribution in [0.25, 0.3) is 0 Å². The third-order valence-electron chi connectivity index (χ3n) is 1.78. The second-order valence-corrected chi connectivity index (χ2v) is 2.83. The van der Waals surface area contributed by atoms with Crippen LogP contribution in [0.4, 0.5) is 5.95 Å². The fraction of sp³-hybridized carbons (Fsp3) is 0.714. The number of aromatic nitrogens is 3. The highest BCUT2D eigenvalue weighted by Crippen LogP contribution is 1.94. The molecule has 5 heteroatoms. The van der Waals surface area contributed by atoms with Crippen molar-refractivity contribution in [2.24, 2.45) is 0 Å². The van der Waals surface area contributed by atoms with Gasteiger partial charge in [0.15, 0.2) is 0 Å². The van der Waals surface area contributed by atoms with Gasteiger partial charge in [0.25, 0.3) is 0 Å². The molecule has 1 aromatic heterocycles. The molecule has 1 heterocycles. The average molecular weight is 169 g/mol.